The molecule has 0 aromatic heterocycles. The van der Waals surface area contributed by atoms with Gasteiger partial charge in [-0.1, -0.05) is 6.92 Å². The molecule has 0 spiro atoms. The molecular formula is C3H10O5P2S2. The first-order valence-corrected chi connectivity index (χ1v) is 8.23. The quantitative estimate of drug-likeness (QED) is 0.626. The van der Waals surface area contributed by atoms with Crippen LogP contribution < -0.4 is 0 Å². The lowest BCUT2D eigenvalue weighted by Gasteiger charge is -2.17. The minimum atomic E-state index is -3.92. The Morgan fingerprint density at radius 3 is 2.08 bits per heavy atom. The van der Waals surface area contributed by atoms with E-state index in [0.29, 0.717) is 6.42 Å². The lowest BCUT2D eigenvalue weighted by atomic mass is 10.5. The lowest BCUT2D eigenvalue weighted by Crippen LogP contribution is -1.94. The second-order valence-electron chi connectivity index (χ2n) is 1.87. The minimum Gasteiger partial charge on any atom is -0.324 e. The van der Waals surface area contributed by atoms with Crippen molar-refractivity contribution < 1.29 is 23.5 Å². The summed E-state index contributed by atoms with van der Waals surface area (Å²) in [6.07, 6.45) is 0.641. The summed E-state index contributed by atoms with van der Waals surface area (Å²) in [5.74, 6) is 0. The topological polar surface area (TPSA) is 79.2 Å². The third kappa shape index (κ3) is 7.73. The highest BCUT2D eigenvalue weighted by molar-refractivity contribution is 8.14. The monoisotopic (exact) mass is 252 g/mol. The predicted molar refractivity (Wildman–Crippen MR) is 52.6 cm³/mol. The number of hydrogen-bond donors (Lipinski definition) is 3. The summed E-state index contributed by atoms with van der Waals surface area (Å²) in [5, 5.41) is 0. The van der Waals surface area contributed by atoms with Gasteiger partial charge in [0.25, 0.3) is 0 Å². The third-order valence-electron chi connectivity index (χ3n) is 0.668. The fourth-order valence-electron chi connectivity index (χ4n) is 0.365. The fourth-order valence-corrected chi connectivity index (χ4v) is 4.30. The van der Waals surface area contributed by atoms with E-state index >= 15 is 0 Å². The molecule has 0 aliphatic heterocycles. The molecule has 0 saturated heterocycles. The van der Waals surface area contributed by atoms with Gasteiger partial charge in [0.1, 0.15) is 0 Å². The van der Waals surface area contributed by atoms with E-state index in [9.17, 15) is 0 Å². The van der Waals surface area contributed by atoms with Crippen molar-refractivity contribution in [2.75, 3.05) is 6.61 Å². The van der Waals surface area contributed by atoms with Crippen molar-refractivity contribution in [2.24, 2.45) is 0 Å². The second-order valence-corrected chi connectivity index (χ2v) is 7.52. The van der Waals surface area contributed by atoms with Gasteiger partial charge in [-0.2, -0.15) is 0 Å². The lowest BCUT2D eigenvalue weighted by molar-refractivity contribution is 0.244. The van der Waals surface area contributed by atoms with Gasteiger partial charge in [0, 0.05) is 0 Å². The van der Waals surface area contributed by atoms with Gasteiger partial charge in [-0.05, 0) is 30.0 Å². The van der Waals surface area contributed by atoms with Crippen LogP contribution in [-0.2, 0) is 32.4 Å². The van der Waals surface area contributed by atoms with Crippen molar-refractivity contribution in [3.8, 4) is 0 Å². The zero-order valence-electron chi connectivity index (χ0n) is 6.28. The van der Waals surface area contributed by atoms with Crippen molar-refractivity contribution in [2.45, 2.75) is 13.3 Å². The Morgan fingerprint density at radius 2 is 1.75 bits per heavy atom. The molecule has 0 aromatic rings. The molecule has 0 aliphatic rings. The SMILES string of the molecule is CCCOP(O)(=S)OP(O)(O)=S. The van der Waals surface area contributed by atoms with E-state index in [1.807, 2.05) is 6.92 Å². The Bertz CT molecular complexity index is 225. The normalized spacial score (nSPS) is 17.3. The van der Waals surface area contributed by atoms with Crippen LogP contribution in [0.4, 0.5) is 0 Å². The van der Waals surface area contributed by atoms with Gasteiger partial charge in [-0.15, -0.1) is 0 Å². The Balaban J connectivity index is 4.05. The van der Waals surface area contributed by atoms with Crippen LogP contribution in [0.1, 0.15) is 13.3 Å². The Hall–Kier alpha value is 1.10. The van der Waals surface area contributed by atoms with Crippen molar-refractivity contribution in [1.29, 1.82) is 0 Å². The molecule has 0 bridgehead atoms. The van der Waals surface area contributed by atoms with Crippen LogP contribution in [-0.4, -0.2) is 21.3 Å². The number of rotatable bonds is 5. The van der Waals surface area contributed by atoms with Crippen LogP contribution in [0, 0.1) is 0 Å². The van der Waals surface area contributed by atoms with Crippen LogP contribution in [0.25, 0.3) is 0 Å². The van der Waals surface area contributed by atoms with E-state index in [0.717, 1.165) is 0 Å². The van der Waals surface area contributed by atoms with Crippen molar-refractivity contribution in [3.05, 3.63) is 0 Å². The molecule has 0 saturated carbocycles. The predicted octanol–water partition coefficient (Wildman–Crippen LogP) is 0.855. The van der Waals surface area contributed by atoms with Gasteiger partial charge in [0.2, 0.25) is 0 Å². The smallest absolute Gasteiger partial charge is 0.324 e. The summed E-state index contributed by atoms with van der Waals surface area (Å²) >= 11 is 8.52. The Kier molecular flexibility index (Phi) is 5.57. The molecule has 0 rings (SSSR count). The maximum absolute atomic E-state index is 9.10. The van der Waals surface area contributed by atoms with Crippen LogP contribution >= 0.6 is 13.4 Å². The van der Waals surface area contributed by atoms with Gasteiger partial charge < -0.3 is 19.2 Å². The maximum atomic E-state index is 9.10. The average molecular weight is 252 g/mol. The highest BCUT2D eigenvalue weighted by Crippen LogP contribution is 2.57. The zero-order valence-corrected chi connectivity index (χ0v) is 9.71. The Labute approximate surface area is 80.8 Å². The van der Waals surface area contributed by atoms with Crippen LogP contribution in [0.15, 0.2) is 0 Å². The molecule has 9 heteroatoms. The molecule has 0 fully saturated rings. The van der Waals surface area contributed by atoms with E-state index in [2.05, 4.69) is 32.4 Å². The molecule has 0 aromatic carbocycles. The summed E-state index contributed by atoms with van der Waals surface area (Å²) in [6.45, 7) is -5.47. The van der Waals surface area contributed by atoms with Crippen LogP contribution in [0.2, 0.25) is 0 Å². The van der Waals surface area contributed by atoms with Crippen LogP contribution in [0.3, 0.4) is 0 Å². The summed E-state index contributed by atoms with van der Waals surface area (Å²) in [5.41, 5.74) is 0. The number of hydrogen-bond acceptors (Lipinski definition) is 4. The van der Waals surface area contributed by atoms with E-state index in [4.69, 9.17) is 14.7 Å². The van der Waals surface area contributed by atoms with Gasteiger partial charge in [0.15, 0.2) is 0 Å². The van der Waals surface area contributed by atoms with Gasteiger partial charge in [-0.3, -0.25) is 0 Å². The first-order chi connectivity index (χ1) is 5.27. The summed E-state index contributed by atoms with van der Waals surface area (Å²) in [6, 6.07) is 0. The first-order valence-electron chi connectivity index (χ1n) is 3.01. The summed E-state index contributed by atoms with van der Waals surface area (Å²) in [7, 11) is 0. The van der Waals surface area contributed by atoms with Crippen molar-refractivity contribution in [3.63, 3.8) is 0 Å². The highest BCUT2D eigenvalue weighted by Gasteiger charge is 2.23. The minimum absolute atomic E-state index is 0.198. The summed E-state index contributed by atoms with van der Waals surface area (Å²) in [4.78, 5) is 26.4. The van der Waals surface area contributed by atoms with E-state index < -0.39 is 13.4 Å². The molecule has 0 amide bonds. The molecule has 0 heterocycles. The Morgan fingerprint density at radius 1 is 1.25 bits per heavy atom. The summed E-state index contributed by atoms with van der Waals surface area (Å²) < 4.78 is 8.88. The molecular weight excluding hydrogens is 242 g/mol. The standard InChI is InChI=1S/C3H10O5P2S2/c1-2-3-7-10(6,12)8-9(4,5)11/h2-3H2,1H3,(H,6,12)(H2,4,5,11). The fraction of sp³-hybridized carbons (Fsp3) is 1.00. The third-order valence-corrected chi connectivity index (χ3v) is 4.37. The highest BCUT2D eigenvalue weighted by atomic mass is 32.5. The van der Waals surface area contributed by atoms with E-state index in [1.54, 1.807) is 0 Å². The van der Waals surface area contributed by atoms with E-state index in [-0.39, 0.29) is 6.61 Å². The molecule has 0 aliphatic carbocycles. The molecule has 74 valence electrons. The van der Waals surface area contributed by atoms with Gasteiger partial charge in [0.05, 0.1) is 6.61 Å². The molecule has 5 nitrogen and oxygen atoms in total. The van der Waals surface area contributed by atoms with E-state index in [1.165, 1.54) is 0 Å². The maximum Gasteiger partial charge on any atom is 0.331 e. The zero-order chi connectivity index (χ0) is 9.83. The van der Waals surface area contributed by atoms with Gasteiger partial charge >= 0.3 is 13.4 Å². The van der Waals surface area contributed by atoms with Crippen molar-refractivity contribution >= 4 is 37.1 Å². The molecule has 1 unspecified atom stereocenters. The van der Waals surface area contributed by atoms with Gasteiger partial charge in [-0.25, -0.2) is 4.31 Å². The molecule has 3 N–H and O–H groups in total. The molecule has 1 atom stereocenters. The largest absolute Gasteiger partial charge is 0.331 e. The molecule has 12 heavy (non-hydrogen) atoms. The average Bonchev–Trinajstić information content (AvgIpc) is 1.78. The first kappa shape index (κ1) is 13.1. The van der Waals surface area contributed by atoms with Crippen molar-refractivity contribution in [1.82, 2.24) is 0 Å². The molecule has 0 radical (unpaired) electrons. The van der Waals surface area contributed by atoms with Crippen LogP contribution in [0.5, 0.6) is 0 Å². The second kappa shape index (κ2) is 5.10.